The monoisotopic (exact) mass is 548 g/mol. The molecule has 0 saturated carbocycles. The molecule has 33 heavy (non-hydrogen) atoms. The number of ether oxygens (including phenoxy) is 2. The Hall–Kier alpha value is -3.27. The van der Waals surface area contributed by atoms with Gasteiger partial charge in [0.1, 0.15) is 18.2 Å². The highest BCUT2D eigenvalue weighted by molar-refractivity contribution is 9.10. The minimum atomic E-state index is -3.60. The summed E-state index contributed by atoms with van der Waals surface area (Å²) in [6.07, 6.45) is 2.33. The summed E-state index contributed by atoms with van der Waals surface area (Å²) in [5, 5.41) is 11.4. The number of nitrogens with zero attached hydrogens (tertiary/aromatic N) is 3. The lowest BCUT2D eigenvalue weighted by molar-refractivity contribution is -0.112. The fourth-order valence-corrected chi connectivity index (χ4v) is 4.23. The third-order valence-corrected chi connectivity index (χ3v) is 6.25. The van der Waals surface area contributed by atoms with Crippen LogP contribution in [0, 0.1) is 11.3 Å². The highest BCUT2D eigenvalue weighted by atomic mass is 79.9. The predicted molar refractivity (Wildman–Crippen MR) is 127 cm³/mol. The van der Waals surface area contributed by atoms with Crippen molar-refractivity contribution in [3.05, 3.63) is 63.6 Å². The van der Waals surface area contributed by atoms with E-state index < -0.39 is 20.9 Å². The number of sulfone groups is 1. The van der Waals surface area contributed by atoms with Gasteiger partial charge in [-0.05, 0) is 41.5 Å². The van der Waals surface area contributed by atoms with Gasteiger partial charge in [-0.3, -0.25) is 10.1 Å². The van der Waals surface area contributed by atoms with Gasteiger partial charge in [-0.15, -0.1) is 0 Å². The first-order valence-electron chi connectivity index (χ1n) is 9.22. The predicted octanol–water partition coefficient (Wildman–Crippen LogP) is 3.84. The van der Waals surface area contributed by atoms with E-state index in [4.69, 9.17) is 9.47 Å². The molecular formula is C21H17BrN4O5S2. The molecule has 0 aliphatic rings. The maximum Gasteiger partial charge on any atom is 0.268 e. The molecule has 3 aromatic rings. The molecular weight excluding hydrogens is 532 g/mol. The molecule has 9 nitrogen and oxygen atoms in total. The van der Waals surface area contributed by atoms with Gasteiger partial charge >= 0.3 is 0 Å². The van der Waals surface area contributed by atoms with Crippen molar-refractivity contribution >= 4 is 54.4 Å². The van der Waals surface area contributed by atoms with E-state index in [1.54, 1.807) is 18.2 Å². The molecule has 0 aliphatic heterocycles. The molecule has 1 N–H and O–H groups in total. The summed E-state index contributed by atoms with van der Waals surface area (Å²) in [4.78, 5) is 16.2. The molecule has 0 spiro atoms. The SMILES string of the molecule is COc1cc(/C=C(/C#N)C(=O)Nc2nc(S(C)(=O)=O)ns2)ccc1OCc1ccc(Br)cc1. The van der Waals surface area contributed by atoms with Crippen LogP contribution < -0.4 is 14.8 Å². The van der Waals surface area contributed by atoms with E-state index >= 15 is 0 Å². The minimum Gasteiger partial charge on any atom is -0.493 e. The quantitative estimate of drug-likeness (QED) is 0.331. The number of anilines is 1. The lowest BCUT2D eigenvalue weighted by Gasteiger charge is -2.11. The van der Waals surface area contributed by atoms with Crippen molar-refractivity contribution in [3.8, 4) is 17.6 Å². The highest BCUT2D eigenvalue weighted by Crippen LogP contribution is 2.30. The second-order valence-corrected chi connectivity index (χ2v) is 10.2. The number of carbonyl (C=O) groups excluding carboxylic acids is 1. The fraction of sp³-hybridized carbons (Fsp3) is 0.143. The fourth-order valence-electron chi connectivity index (χ4n) is 2.53. The Labute approximate surface area is 202 Å². The lowest BCUT2D eigenvalue weighted by Crippen LogP contribution is -2.13. The molecule has 0 unspecified atom stereocenters. The number of hydrogen-bond acceptors (Lipinski definition) is 9. The van der Waals surface area contributed by atoms with Gasteiger partial charge in [0.25, 0.3) is 11.1 Å². The van der Waals surface area contributed by atoms with Crippen LogP contribution in [-0.4, -0.2) is 37.0 Å². The third kappa shape index (κ3) is 6.61. The zero-order chi connectivity index (χ0) is 24.0. The van der Waals surface area contributed by atoms with Crippen LogP contribution in [0.5, 0.6) is 11.5 Å². The van der Waals surface area contributed by atoms with E-state index in [1.165, 1.54) is 13.2 Å². The molecule has 0 aliphatic carbocycles. The van der Waals surface area contributed by atoms with Crippen LogP contribution >= 0.6 is 27.5 Å². The van der Waals surface area contributed by atoms with Crippen molar-refractivity contribution in [3.63, 3.8) is 0 Å². The molecule has 1 aromatic heterocycles. The number of carbonyl (C=O) groups is 1. The van der Waals surface area contributed by atoms with E-state index in [9.17, 15) is 18.5 Å². The standard InChI is InChI=1S/C21H17BrN4O5S2/c1-30-18-10-14(5-8-17(18)31-12-13-3-6-16(22)7-4-13)9-15(11-23)19(27)24-20-25-21(26-32-20)33(2,28)29/h3-10H,12H2,1-2H3,(H,24,25,26,27)/b15-9-. The van der Waals surface area contributed by atoms with Gasteiger partial charge in [0.15, 0.2) is 11.5 Å². The number of aromatic nitrogens is 2. The Morgan fingerprint density at radius 3 is 2.58 bits per heavy atom. The topological polar surface area (TPSA) is 131 Å². The Bertz CT molecular complexity index is 1350. The Morgan fingerprint density at radius 1 is 1.24 bits per heavy atom. The van der Waals surface area contributed by atoms with E-state index in [2.05, 4.69) is 30.6 Å². The number of methoxy groups -OCH3 is 1. The number of rotatable bonds is 8. The average molecular weight is 549 g/mol. The molecule has 0 fully saturated rings. The lowest BCUT2D eigenvalue weighted by atomic mass is 10.1. The van der Waals surface area contributed by atoms with Crippen molar-refractivity contribution in [2.45, 2.75) is 11.8 Å². The summed E-state index contributed by atoms with van der Waals surface area (Å²) >= 11 is 4.09. The number of nitrogens with one attached hydrogen (secondary N) is 1. The smallest absolute Gasteiger partial charge is 0.268 e. The molecule has 0 bridgehead atoms. The van der Waals surface area contributed by atoms with Crippen LogP contribution in [0.4, 0.5) is 5.13 Å². The summed E-state index contributed by atoms with van der Waals surface area (Å²) in [7, 11) is -2.11. The molecule has 1 heterocycles. The zero-order valence-corrected chi connectivity index (χ0v) is 20.6. The van der Waals surface area contributed by atoms with Crippen LogP contribution in [0.25, 0.3) is 6.08 Å². The molecule has 12 heteroatoms. The first kappa shape index (κ1) is 24.4. The number of nitriles is 1. The van der Waals surface area contributed by atoms with Crippen LogP contribution in [0.2, 0.25) is 0 Å². The second kappa shape index (κ2) is 10.6. The van der Waals surface area contributed by atoms with Crippen molar-refractivity contribution in [2.24, 2.45) is 0 Å². The van der Waals surface area contributed by atoms with Gasteiger partial charge in [0, 0.05) is 22.3 Å². The second-order valence-electron chi connectivity index (χ2n) is 6.60. The number of hydrogen-bond donors (Lipinski definition) is 1. The maximum atomic E-state index is 12.4. The zero-order valence-electron chi connectivity index (χ0n) is 17.4. The molecule has 0 saturated heterocycles. The first-order chi connectivity index (χ1) is 15.7. The summed E-state index contributed by atoms with van der Waals surface area (Å²) in [5.41, 5.74) is 1.30. The highest BCUT2D eigenvalue weighted by Gasteiger charge is 2.17. The van der Waals surface area contributed by atoms with E-state index in [-0.39, 0.29) is 10.7 Å². The Morgan fingerprint density at radius 2 is 1.97 bits per heavy atom. The Balaban J connectivity index is 1.74. The minimum absolute atomic E-state index is 0.0316. The summed E-state index contributed by atoms with van der Waals surface area (Å²) < 4.78 is 38.8. The van der Waals surface area contributed by atoms with Gasteiger partial charge in [0.05, 0.1) is 7.11 Å². The largest absolute Gasteiger partial charge is 0.493 e. The number of halogens is 1. The number of benzene rings is 2. The van der Waals surface area contributed by atoms with Gasteiger partial charge in [-0.25, -0.2) is 8.42 Å². The summed E-state index contributed by atoms with van der Waals surface area (Å²) in [5.74, 6) is 0.186. The summed E-state index contributed by atoms with van der Waals surface area (Å²) in [6, 6.07) is 14.5. The first-order valence-corrected chi connectivity index (χ1v) is 12.7. The molecule has 1 amide bonds. The summed E-state index contributed by atoms with van der Waals surface area (Å²) in [6.45, 7) is 0.335. The van der Waals surface area contributed by atoms with E-state index in [0.717, 1.165) is 16.3 Å². The van der Waals surface area contributed by atoms with Gasteiger partial charge < -0.3 is 9.47 Å². The van der Waals surface area contributed by atoms with E-state index in [0.29, 0.717) is 35.2 Å². The number of amides is 1. The van der Waals surface area contributed by atoms with Crippen LogP contribution in [0.1, 0.15) is 11.1 Å². The van der Waals surface area contributed by atoms with Crippen molar-refractivity contribution < 1.29 is 22.7 Å². The molecule has 0 radical (unpaired) electrons. The van der Waals surface area contributed by atoms with Crippen LogP contribution in [0.3, 0.4) is 0 Å². The van der Waals surface area contributed by atoms with Crippen molar-refractivity contribution in [2.75, 3.05) is 18.7 Å². The third-order valence-electron chi connectivity index (χ3n) is 4.13. The van der Waals surface area contributed by atoms with E-state index in [1.807, 2.05) is 30.3 Å². The molecule has 170 valence electrons. The van der Waals surface area contributed by atoms with Crippen LogP contribution in [-0.2, 0) is 21.2 Å². The normalized spacial score (nSPS) is 11.5. The van der Waals surface area contributed by atoms with Crippen LogP contribution in [0.15, 0.2) is 57.7 Å². The van der Waals surface area contributed by atoms with Gasteiger partial charge in [-0.1, -0.05) is 34.1 Å². The van der Waals surface area contributed by atoms with Gasteiger partial charge in [0.2, 0.25) is 15.0 Å². The molecule has 3 rings (SSSR count). The molecule has 0 atom stereocenters. The average Bonchev–Trinajstić information content (AvgIpc) is 3.26. The van der Waals surface area contributed by atoms with Crippen molar-refractivity contribution in [1.82, 2.24) is 9.36 Å². The van der Waals surface area contributed by atoms with Crippen molar-refractivity contribution in [1.29, 1.82) is 5.26 Å². The van der Waals surface area contributed by atoms with Gasteiger partial charge in [-0.2, -0.15) is 14.6 Å². The maximum absolute atomic E-state index is 12.4. The molecule has 2 aromatic carbocycles. The Kier molecular flexibility index (Phi) is 7.80.